The first-order chi connectivity index (χ1) is 15.8. The van der Waals surface area contributed by atoms with Gasteiger partial charge in [0.25, 0.3) is 5.91 Å². The van der Waals surface area contributed by atoms with Crippen LogP contribution >= 0.6 is 12.4 Å². The molecule has 0 saturated carbocycles. The number of carbonyl (C=O) groups is 3. The second-order valence-electron chi connectivity index (χ2n) is 8.49. The standard InChI is InChI=1S/C24H32N6O3.ClH/c1-15(2)20(29-22(31)16(3)25-4)23(32)30-19(13-17-9-8-12-26-21(17)30)14-27-24(33)28-18-10-6-5-7-11-18;/h5-12,15-16,19-20,25H,13-14H2,1-4H3,(H,29,31)(H2,27,28,33);1H/t16?,19?,20-;/m0./s1. The zero-order chi connectivity index (χ0) is 24.0. The first-order valence-corrected chi connectivity index (χ1v) is 11.2. The molecule has 4 N–H and O–H groups in total. The number of benzene rings is 1. The Balaban J connectivity index is 0.00000408. The van der Waals surface area contributed by atoms with Crippen molar-refractivity contribution in [2.45, 2.75) is 45.3 Å². The number of nitrogens with zero attached hydrogens (tertiary/aromatic N) is 2. The second-order valence-corrected chi connectivity index (χ2v) is 8.49. The Morgan fingerprint density at radius 2 is 1.79 bits per heavy atom. The van der Waals surface area contributed by atoms with Gasteiger partial charge in [0.1, 0.15) is 11.9 Å². The lowest BCUT2D eigenvalue weighted by Gasteiger charge is -2.31. The van der Waals surface area contributed by atoms with Crippen molar-refractivity contribution in [1.29, 1.82) is 0 Å². The van der Waals surface area contributed by atoms with Crippen molar-refractivity contribution in [3.63, 3.8) is 0 Å². The molecule has 1 aliphatic heterocycles. The molecular weight excluding hydrogens is 456 g/mol. The van der Waals surface area contributed by atoms with E-state index >= 15 is 0 Å². The molecule has 10 heteroatoms. The molecule has 0 saturated heterocycles. The van der Waals surface area contributed by atoms with E-state index in [9.17, 15) is 14.4 Å². The van der Waals surface area contributed by atoms with Gasteiger partial charge in [0.05, 0.1) is 12.1 Å². The first-order valence-electron chi connectivity index (χ1n) is 11.2. The molecule has 0 spiro atoms. The number of urea groups is 1. The molecule has 2 aromatic rings. The smallest absolute Gasteiger partial charge is 0.319 e. The number of anilines is 2. The molecule has 0 bridgehead atoms. The summed E-state index contributed by atoms with van der Waals surface area (Å²) in [6, 6.07) is 11.1. The Hall–Kier alpha value is -3.17. The summed E-state index contributed by atoms with van der Waals surface area (Å²) in [6.07, 6.45) is 2.20. The monoisotopic (exact) mass is 488 g/mol. The third-order valence-corrected chi connectivity index (χ3v) is 5.74. The molecule has 1 aliphatic rings. The van der Waals surface area contributed by atoms with Gasteiger partial charge in [0, 0.05) is 18.4 Å². The van der Waals surface area contributed by atoms with E-state index in [0.717, 1.165) is 5.56 Å². The Kier molecular flexibility index (Phi) is 9.83. The Bertz CT molecular complexity index is 988. The third-order valence-electron chi connectivity index (χ3n) is 5.74. The van der Waals surface area contributed by atoms with Crippen LogP contribution in [-0.2, 0) is 16.0 Å². The molecule has 0 aliphatic carbocycles. The minimum Gasteiger partial charge on any atom is -0.343 e. The summed E-state index contributed by atoms with van der Waals surface area (Å²) in [5.41, 5.74) is 1.61. The number of hydrogen-bond donors (Lipinski definition) is 4. The van der Waals surface area contributed by atoms with Gasteiger partial charge in [-0.05, 0) is 50.1 Å². The van der Waals surface area contributed by atoms with E-state index in [1.54, 1.807) is 37.2 Å². The molecule has 3 atom stereocenters. The molecule has 2 heterocycles. The van der Waals surface area contributed by atoms with Gasteiger partial charge in [-0.3, -0.25) is 14.5 Å². The maximum Gasteiger partial charge on any atom is 0.319 e. The van der Waals surface area contributed by atoms with E-state index in [4.69, 9.17) is 0 Å². The first kappa shape index (κ1) is 27.1. The average Bonchev–Trinajstić information content (AvgIpc) is 3.19. The maximum atomic E-state index is 13.7. The predicted octanol–water partition coefficient (Wildman–Crippen LogP) is 2.33. The molecule has 0 radical (unpaired) electrons. The number of nitrogens with one attached hydrogen (secondary N) is 4. The van der Waals surface area contributed by atoms with Crippen LogP contribution in [0.1, 0.15) is 26.3 Å². The number of halogens is 1. The number of amides is 4. The third kappa shape index (κ3) is 6.45. The summed E-state index contributed by atoms with van der Waals surface area (Å²) < 4.78 is 0. The molecule has 3 rings (SSSR count). The van der Waals surface area contributed by atoms with Crippen LogP contribution in [-0.4, -0.2) is 54.5 Å². The highest BCUT2D eigenvalue weighted by Gasteiger charge is 2.39. The summed E-state index contributed by atoms with van der Waals surface area (Å²) >= 11 is 0. The normalized spacial score (nSPS) is 16.1. The van der Waals surface area contributed by atoms with Crippen molar-refractivity contribution in [3.05, 3.63) is 54.2 Å². The molecule has 0 fully saturated rings. The van der Waals surface area contributed by atoms with Gasteiger partial charge >= 0.3 is 6.03 Å². The van der Waals surface area contributed by atoms with Gasteiger partial charge < -0.3 is 21.3 Å². The van der Waals surface area contributed by atoms with Crippen molar-refractivity contribution < 1.29 is 14.4 Å². The average molecular weight is 489 g/mol. The Labute approximate surface area is 206 Å². The number of rotatable bonds is 8. The van der Waals surface area contributed by atoms with Gasteiger partial charge in [0.15, 0.2) is 0 Å². The van der Waals surface area contributed by atoms with Crippen molar-refractivity contribution in [2.24, 2.45) is 5.92 Å². The van der Waals surface area contributed by atoms with E-state index in [1.165, 1.54) is 0 Å². The zero-order valence-corrected chi connectivity index (χ0v) is 20.7. The fraction of sp³-hybridized carbons (Fsp3) is 0.417. The lowest BCUT2D eigenvalue weighted by molar-refractivity contribution is -0.129. The van der Waals surface area contributed by atoms with E-state index in [-0.39, 0.29) is 48.8 Å². The van der Waals surface area contributed by atoms with Crippen LogP contribution in [0, 0.1) is 5.92 Å². The number of likely N-dealkylation sites (N-methyl/N-ethyl adjacent to an activating group) is 1. The van der Waals surface area contributed by atoms with Crippen LogP contribution < -0.4 is 26.2 Å². The maximum absolute atomic E-state index is 13.7. The summed E-state index contributed by atoms with van der Waals surface area (Å²) in [6.45, 7) is 5.76. The SMILES string of the molecule is CNC(C)C(=O)N[C@H](C(=O)N1c2ncccc2CC1CNC(=O)Nc1ccccc1)C(C)C.Cl. The predicted molar refractivity (Wildman–Crippen MR) is 135 cm³/mol. The van der Waals surface area contributed by atoms with Crippen molar-refractivity contribution >= 4 is 41.8 Å². The number of fused-ring (bicyclic) bond motifs is 1. The largest absolute Gasteiger partial charge is 0.343 e. The fourth-order valence-electron chi connectivity index (χ4n) is 3.75. The molecule has 184 valence electrons. The minimum absolute atomic E-state index is 0. The minimum atomic E-state index is -0.720. The molecule has 9 nitrogen and oxygen atoms in total. The number of pyridine rings is 1. The van der Waals surface area contributed by atoms with Gasteiger partial charge in [-0.15, -0.1) is 12.4 Å². The number of para-hydroxylation sites is 1. The van der Waals surface area contributed by atoms with E-state index in [1.807, 2.05) is 44.2 Å². The molecule has 4 amide bonds. The van der Waals surface area contributed by atoms with Crippen LogP contribution in [0.15, 0.2) is 48.7 Å². The van der Waals surface area contributed by atoms with E-state index in [2.05, 4.69) is 26.3 Å². The lowest BCUT2D eigenvalue weighted by atomic mass is 10.0. The van der Waals surface area contributed by atoms with E-state index in [0.29, 0.717) is 17.9 Å². The molecular formula is C24H33ClN6O3. The quantitative estimate of drug-likeness (QED) is 0.455. The highest BCUT2D eigenvalue weighted by molar-refractivity contribution is 6.01. The van der Waals surface area contributed by atoms with Crippen LogP contribution in [0.5, 0.6) is 0 Å². The second kappa shape index (κ2) is 12.3. The number of carbonyl (C=O) groups excluding carboxylic acids is 3. The molecule has 34 heavy (non-hydrogen) atoms. The highest BCUT2D eigenvalue weighted by atomic mass is 35.5. The van der Waals surface area contributed by atoms with Crippen LogP contribution in [0.25, 0.3) is 0 Å². The van der Waals surface area contributed by atoms with Crippen molar-refractivity contribution in [1.82, 2.24) is 20.9 Å². The highest BCUT2D eigenvalue weighted by Crippen LogP contribution is 2.31. The van der Waals surface area contributed by atoms with Crippen LogP contribution in [0.3, 0.4) is 0 Å². The van der Waals surface area contributed by atoms with Gasteiger partial charge in [-0.25, -0.2) is 9.78 Å². The molecule has 1 aromatic heterocycles. The van der Waals surface area contributed by atoms with Gasteiger partial charge in [-0.1, -0.05) is 38.1 Å². The number of hydrogen-bond acceptors (Lipinski definition) is 5. The number of aromatic nitrogens is 1. The van der Waals surface area contributed by atoms with Gasteiger partial charge in [0.2, 0.25) is 5.91 Å². The Morgan fingerprint density at radius 3 is 2.44 bits per heavy atom. The lowest BCUT2D eigenvalue weighted by Crippen LogP contribution is -2.57. The molecule has 2 unspecified atom stereocenters. The summed E-state index contributed by atoms with van der Waals surface area (Å²) in [5.74, 6) is -0.0520. The van der Waals surface area contributed by atoms with Crippen molar-refractivity contribution in [2.75, 3.05) is 23.8 Å². The zero-order valence-electron chi connectivity index (χ0n) is 19.9. The van der Waals surface area contributed by atoms with E-state index < -0.39 is 12.1 Å². The summed E-state index contributed by atoms with van der Waals surface area (Å²) in [7, 11) is 1.69. The fourth-order valence-corrected chi connectivity index (χ4v) is 3.75. The Morgan fingerprint density at radius 1 is 1.09 bits per heavy atom. The van der Waals surface area contributed by atoms with Crippen LogP contribution in [0.4, 0.5) is 16.3 Å². The topological polar surface area (TPSA) is 115 Å². The van der Waals surface area contributed by atoms with Crippen molar-refractivity contribution in [3.8, 4) is 0 Å². The summed E-state index contributed by atoms with van der Waals surface area (Å²) in [5, 5.41) is 11.4. The van der Waals surface area contributed by atoms with Crippen LogP contribution in [0.2, 0.25) is 0 Å². The molecule has 1 aromatic carbocycles. The van der Waals surface area contributed by atoms with Gasteiger partial charge in [-0.2, -0.15) is 0 Å². The summed E-state index contributed by atoms with van der Waals surface area (Å²) in [4.78, 5) is 44.6.